The number of hydrogen-bond acceptors (Lipinski definition) is 4. The van der Waals surface area contributed by atoms with Crippen molar-refractivity contribution in [3.63, 3.8) is 0 Å². The summed E-state index contributed by atoms with van der Waals surface area (Å²) in [6, 6.07) is 14.1. The van der Waals surface area contributed by atoms with Crippen molar-refractivity contribution in [3.8, 4) is 0 Å². The summed E-state index contributed by atoms with van der Waals surface area (Å²) in [5.74, 6) is -0.456. The maximum atomic E-state index is 13.3. The SMILES string of the molecule is CCc1ccc(NC(=O)C2CCCN2C(=O)C2CCN(S(=O)(=O)c3ccc(C)cc3)CC2)cc1. The highest BCUT2D eigenvalue weighted by Crippen LogP contribution is 2.28. The first-order valence-electron chi connectivity index (χ1n) is 12.1. The Morgan fingerprint density at radius 1 is 0.941 bits per heavy atom. The van der Waals surface area contributed by atoms with Crippen LogP contribution in [-0.4, -0.2) is 55.1 Å². The maximum Gasteiger partial charge on any atom is 0.247 e. The van der Waals surface area contributed by atoms with E-state index >= 15 is 0 Å². The molecule has 8 heteroatoms. The third-order valence-corrected chi connectivity index (χ3v) is 8.84. The second-order valence-electron chi connectivity index (χ2n) is 9.22. The van der Waals surface area contributed by atoms with E-state index in [4.69, 9.17) is 0 Å². The molecule has 2 aliphatic heterocycles. The van der Waals surface area contributed by atoms with Gasteiger partial charge in [-0.15, -0.1) is 0 Å². The first-order chi connectivity index (χ1) is 16.3. The van der Waals surface area contributed by atoms with E-state index in [1.54, 1.807) is 29.2 Å². The Morgan fingerprint density at radius 3 is 2.21 bits per heavy atom. The molecular weight excluding hydrogens is 450 g/mol. The van der Waals surface area contributed by atoms with Gasteiger partial charge >= 0.3 is 0 Å². The molecule has 1 unspecified atom stereocenters. The summed E-state index contributed by atoms with van der Waals surface area (Å²) < 4.78 is 27.4. The average molecular weight is 484 g/mol. The molecule has 0 radical (unpaired) electrons. The number of piperidine rings is 1. The number of rotatable bonds is 6. The number of carbonyl (C=O) groups excluding carboxylic acids is 2. The number of amides is 2. The topological polar surface area (TPSA) is 86.8 Å². The predicted molar refractivity (Wildman–Crippen MR) is 132 cm³/mol. The lowest BCUT2D eigenvalue weighted by Crippen LogP contribution is -2.48. The molecule has 34 heavy (non-hydrogen) atoms. The third kappa shape index (κ3) is 5.18. The fourth-order valence-corrected chi connectivity index (χ4v) is 6.26. The lowest BCUT2D eigenvalue weighted by molar-refractivity contribution is -0.141. The van der Waals surface area contributed by atoms with Gasteiger partial charge < -0.3 is 10.2 Å². The van der Waals surface area contributed by atoms with Gasteiger partial charge in [0.1, 0.15) is 6.04 Å². The summed E-state index contributed by atoms with van der Waals surface area (Å²) in [4.78, 5) is 28.2. The van der Waals surface area contributed by atoms with Gasteiger partial charge in [-0.2, -0.15) is 4.31 Å². The summed E-state index contributed by atoms with van der Waals surface area (Å²) in [6.07, 6.45) is 3.30. The zero-order valence-electron chi connectivity index (χ0n) is 19.9. The molecule has 2 aromatic carbocycles. The summed E-state index contributed by atoms with van der Waals surface area (Å²) in [5, 5.41) is 2.95. The van der Waals surface area contributed by atoms with Crippen molar-refractivity contribution in [1.82, 2.24) is 9.21 Å². The molecule has 0 aromatic heterocycles. The molecule has 0 spiro atoms. The van der Waals surface area contributed by atoms with Gasteiger partial charge in [-0.05, 0) is 68.9 Å². The minimum Gasteiger partial charge on any atom is -0.330 e. The first kappa shape index (κ1) is 24.4. The van der Waals surface area contributed by atoms with Gasteiger partial charge in [-0.3, -0.25) is 9.59 Å². The van der Waals surface area contributed by atoms with Gasteiger partial charge in [0.05, 0.1) is 4.90 Å². The largest absolute Gasteiger partial charge is 0.330 e. The zero-order chi connectivity index (χ0) is 24.3. The fraction of sp³-hybridized carbons (Fsp3) is 0.462. The van der Waals surface area contributed by atoms with Crippen molar-refractivity contribution in [2.24, 2.45) is 5.92 Å². The Balaban J connectivity index is 1.36. The van der Waals surface area contributed by atoms with E-state index in [9.17, 15) is 18.0 Å². The molecule has 182 valence electrons. The number of likely N-dealkylation sites (tertiary alicyclic amines) is 1. The lowest BCUT2D eigenvalue weighted by Gasteiger charge is -2.34. The fourth-order valence-electron chi connectivity index (χ4n) is 4.79. The van der Waals surface area contributed by atoms with Crippen LogP contribution in [0.25, 0.3) is 0 Å². The Kier molecular flexibility index (Phi) is 7.38. The lowest BCUT2D eigenvalue weighted by atomic mass is 9.96. The second kappa shape index (κ2) is 10.3. The number of hydrogen-bond donors (Lipinski definition) is 1. The Morgan fingerprint density at radius 2 is 1.59 bits per heavy atom. The van der Waals surface area contributed by atoms with Gasteiger partial charge in [0.2, 0.25) is 21.8 Å². The van der Waals surface area contributed by atoms with Gasteiger partial charge in [0.25, 0.3) is 0 Å². The molecule has 7 nitrogen and oxygen atoms in total. The average Bonchev–Trinajstić information content (AvgIpc) is 3.35. The quantitative estimate of drug-likeness (QED) is 0.680. The molecule has 1 N–H and O–H groups in total. The van der Waals surface area contributed by atoms with Crippen molar-refractivity contribution in [3.05, 3.63) is 59.7 Å². The zero-order valence-corrected chi connectivity index (χ0v) is 20.7. The monoisotopic (exact) mass is 483 g/mol. The number of anilines is 1. The second-order valence-corrected chi connectivity index (χ2v) is 11.2. The molecule has 2 amide bonds. The van der Waals surface area contributed by atoms with E-state index in [0.717, 1.165) is 24.1 Å². The molecule has 2 aliphatic rings. The van der Waals surface area contributed by atoms with Gasteiger partial charge in [-0.1, -0.05) is 36.8 Å². The van der Waals surface area contributed by atoms with E-state index in [2.05, 4.69) is 12.2 Å². The predicted octanol–water partition coefficient (Wildman–Crippen LogP) is 3.59. The molecule has 2 aromatic rings. The van der Waals surface area contributed by atoms with E-state index in [1.807, 2.05) is 31.2 Å². The van der Waals surface area contributed by atoms with Crippen molar-refractivity contribution < 1.29 is 18.0 Å². The Bertz CT molecular complexity index is 1120. The molecule has 0 saturated carbocycles. The smallest absolute Gasteiger partial charge is 0.247 e. The number of sulfonamides is 1. The number of nitrogens with zero attached hydrogens (tertiary/aromatic N) is 2. The van der Waals surface area contributed by atoms with Gasteiger partial charge in [0, 0.05) is 31.2 Å². The van der Waals surface area contributed by atoms with Crippen LogP contribution in [0.1, 0.15) is 43.7 Å². The summed E-state index contributed by atoms with van der Waals surface area (Å²) >= 11 is 0. The molecule has 2 fully saturated rings. The summed E-state index contributed by atoms with van der Waals surface area (Å²) in [5.41, 5.74) is 2.94. The molecule has 2 saturated heterocycles. The molecule has 2 heterocycles. The first-order valence-corrected chi connectivity index (χ1v) is 13.5. The van der Waals surface area contributed by atoms with E-state index in [0.29, 0.717) is 38.9 Å². The number of carbonyl (C=O) groups is 2. The van der Waals surface area contributed by atoms with Crippen LogP contribution in [0.5, 0.6) is 0 Å². The molecular formula is C26H33N3O4S. The van der Waals surface area contributed by atoms with E-state index in [1.165, 1.54) is 9.87 Å². The van der Waals surface area contributed by atoms with Crippen molar-refractivity contribution in [1.29, 1.82) is 0 Å². The summed E-state index contributed by atoms with van der Waals surface area (Å²) in [6.45, 7) is 5.18. The summed E-state index contributed by atoms with van der Waals surface area (Å²) in [7, 11) is -3.57. The Hall–Kier alpha value is -2.71. The molecule has 1 atom stereocenters. The van der Waals surface area contributed by atoms with Crippen LogP contribution < -0.4 is 5.32 Å². The minimum absolute atomic E-state index is 0.0358. The maximum absolute atomic E-state index is 13.3. The van der Waals surface area contributed by atoms with Crippen molar-refractivity contribution in [2.75, 3.05) is 25.0 Å². The van der Waals surface area contributed by atoms with Gasteiger partial charge in [0.15, 0.2) is 0 Å². The van der Waals surface area contributed by atoms with Crippen LogP contribution in [0.15, 0.2) is 53.4 Å². The van der Waals surface area contributed by atoms with Crippen molar-refractivity contribution in [2.45, 2.75) is 56.9 Å². The van der Waals surface area contributed by atoms with E-state index < -0.39 is 16.1 Å². The van der Waals surface area contributed by atoms with Crippen LogP contribution in [-0.2, 0) is 26.0 Å². The number of nitrogens with one attached hydrogen (secondary N) is 1. The minimum atomic E-state index is -3.57. The molecule has 0 bridgehead atoms. The van der Waals surface area contributed by atoms with Gasteiger partial charge in [-0.25, -0.2) is 8.42 Å². The molecule has 4 rings (SSSR count). The number of aryl methyl sites for hydroxylation is 2. The van der Waals surface area contributed by atoms with Crippen LogP contribution >= 0.6 is 0 Å². The number of benzene rings is 2. The Labute approximate surface area is 202 Å². The third-order valence-electron chi connectivity index (χ3n) is 6.93. The van der Waals surface area contributed by atoms with Crippen LogP contribution in [0, 0.1) is 12.8 Å². The normalized spacial score (nSPS) is 19.8. The van der Waals surface area contributed by atoms with Crippen molar-refractivity contribution >= 4 is 27.5 Å². The highest BCUT2D eigenvalue weighted by atomic mass is 32.2. The van der Waals surface area contributed by atoms with E-state index in [-0.39, 0.29) is 22.6 Å². The van der Waals surface area contributed by atoms with Crippen LogP contribution in [0.4, 0.5) is 5.69 Å². The van der Waals surface area contributed by atoms with Crippen LogP contribution in [0.3, 0.4) is 0 Å². The van der Waals surface area contributed by atoms with Crippen LogP contribution in [0.2, 0.25) is 0 Å². The highest BCUT2D eigenvalue weighted by molar-refractivity contribution is 7.89. The highest BCUT2D eigenvalue weighted by Gasteiger charge is 2.39. The molecule has 0 aliphatic carbocycles. The standard InChI is InChI=1S/C26H33N3O4S/c1-3-20-8-10-22(11-9-20)27-25(30)24-5-4-16-29(24)26(31)21-14-17-28(18-15-21)34(32,33)23-12-6-19(2)7-13-23/h6-13,21,24H,3-5,14-18H2,1-2H3,(H,27,30).